The maximum absolute atomic E-state index is 4.50. The number of hydrogen-bond acceptors (Lipinski definition) is 4. The van der Waals surface area contributed by atoms with Gasteiger partial charge in [0, 0.05) is 25.5 Å². The fraction of sp³-hybridized carbons (Fsp3) is 0.667. The summed E-state index contributed by atoms with van der Waals surface area (Å²) in [4.78, 5) is 6.70. The molecule has 0 atom stereocenters. The highest BCUT2D eigenvalue weighted by Crippen LogP contribution is 2.18. The first kappa shape index (κ1) is 10.5. The molecule has 1 rings (SSSR count). The lowest BCUT2D eigenvalue weighted by molar-refractivity contribution is 0.789. The molecule has 1 N–H and O–H groups in total. The zero-order valence-electron chi connectivity index (χ0n) is 8.50. The highest BCUT2D eigenvalue weighted by atomic mass is 32.1. The minimum Gasteiger partial charge on any atom is -0.351 e. The molecule has 0 aliphatic heterocycles. The van der Waals surface area contributed by atoms with Crippen molar-refractivity contribution in [3.05, 3.63) is 11.1 Å². The van der Waals surface area contributed by atoms with E-state index in [1.807, 2.05) is 7.05 Å². The number of anilines is 1. The Bertz CT molecular complexity index is 247. The van der Waals surface area contributed by atoms with E-state index in [-0.39, 0.29) is 0 Å². The Morgan fingerprint density at radius 1 is 1.62 bits per heavy atom. The topological polar surface area (TPSA) is 28.2 Å². The van der Waals surface area contributed by atoms with Crippen LogP contribution in [-0.4, -0.2) is 25.6 Å². The number of thiazole rings is 1. The lowest BCUT2D eigenvalue weighted by atomic mass is 10.4. The largest absolute Gasteiger partial charge is 0.351 e. The van der Waals surface area contributed by atoms with Crippen molar-refractivity contribution in [1.82, 2.24) is 10.3 Å². The number of hydrogen-bond donors (Lipinski definition) is 1. The molecule has 0 spiro atoms. The van der Waals surface area contributed by atoms with Crippen LogP contribution >= 0.6 is 11.3 Å². The Labute approximate surface area is 83.8 Å². The monoisotopic (exact) mass is 199 g/mol. The minimum absolute atomic E-state index is 0.858. The van der Waals surface area contributed by atoms with Gasteiger partial charge in [0.25, 0.3) is 0 Å². The van der Waals surface area contributed by atoms with E-state index in [0.29, 0.717) is 0 Å². The molecule has 1 aromatic rings. The first-order chi connectivity index (χ1) is 6.27. The number of aromatic nitrogens is 1. The van der Waals surface area contributed by atoms with E-state index >= 15 is 0 Å². The van der Waals surface area contributed by atoms with Gasteiger partial charge in [-0.05, 0) is 13.5 Å². The average Bonchev–Trinajstić information content (AvgIpc) is 2.54. The molecular weight excluding hydrogens is 182 g/mol. The van der Waals surface area contributed by atoms with Crippen LogP contribution in [0.25, 0.3) is 0 Å². The Morgan fingerprint density at radius 2 is 2.38 bits per heavy atom. The second-order valence-corrected chi connectivity index (χ2v) is 3.91. The van der Waals surface area contributed by atoms with Gasteiger partial charge in [0.15, 0.2) is 5.13 Å². The molecule has 0 amide bonds. The molecule has 0 fully saturated rings. The van der Waals surface area contributed by atoms with Crippen molar-refractivity contribution >= 4 is 16.5 Å². The van der Waals surface area contributed by atoms with Gasteiger partial charge in [0.05, 0.1) is 5.69 Å². The van der Waals surface area contributed by atoms with Gasteiger partial charge in [-0.15, -0.1) is 11.3 Å². The van der Waals surface area contributed by atoms with Gasteiger partial charge in [-0.25, -0.2) is 4.98 Å². The maximum atomic E-state index is 4.50. The van der Waals surface area contributed by atoms with E-state index in [1.165, 1.54) is 0 Å². The SMILES string of the molecule is CCCN(C)c1nc(CNC)cs1. The Kier molecular flexibility index (Phi) is 4.18. The van der Waals surface area contributed by atoms with E-state index in [2.05, 4.69) is 34.6 Å². The standard InChI is InChI=1S/C9H17N3S/c1-4-5-12(3)9-11-8(6-10-2)7-13-9/h7,10H,4-6H2,1-3H3. The van der Waals surface area contributed by atoms with Crippen molar-refractivity contribution in [2.75, 3.05) is 25.5 Å². The van der Waals surface area contributed by atoms with Gasteiger partial charge in [0.1, 0.15) is 0 Å². The van der Waals surface area contributed by atoms with Crippen LogP contribution in [0, 0.1) is 0 Å². The first-order valence-corrected chi connectivity index (χ1v) is 5.46. The van der Waals surface area contributed by atoms with E-state index in [9.17, 15) is 0 Å². The van der Waals surface area contributed by atoms with Crippen LogP contribution in [0.15, 0.2) is 5.38 Å². The molecule has 0 saturated carbocycles. The summed E-state index contributed by atoms with van der Waals surface area (Å²) in [5.41, 5.74) is 1.13. The van der Waals surface area contributed by atoms with Crippen molar-refractivity contribution in [1.29, 1.82) is 0 Å². The third-order valence-electron chi connectivity index (χ3n) is 1.78. The van der Waals surface area contributed by atoms with E-state index in [4.69, 9.17) is 0 Å². The van der Waals surface area contributed by atoms with Crippen LogP contribution in [0.3, 0.4) is 0 Å². The summed E-state index contributed by atoms with van der Waals surface area (Å²) < 4.78 is 0. The van der Waals surface area contributed by atoms with Crippen molar-refractivity contribution in [3.63, 3.8) is 0 Å². The molecule has 1 aromatic heterocycles. The summed E-state index contributed by atoms with van der Waals surface area (Å²) in [5.74, 6) is 0. The molecule has 3 nitrogen and oxygen atoms in total. The molecule has 0 saturated heterocycles. The molecule has 1 heterocycles. The summed E-state index contributed by atoms with van der Waals surface area (Å²) in [7, 11) is 4.03. The molecule has 0 aliphatic carbocycles. The van der Waals surface area contributed by atoms with Gasteiger partial charge in [-0.3, -0.25) is 0 Å². The van der Waals surface area contributed by atoms with Gasteiger partial charge < -0.3 is 10.2 Å². The summed E-state index contributed by atoms with van der Waals surface area (Å²) in [6.07, 6.45) is 1.16. The normalized spacial score (nSPS) is 10.4. The fourth-order valence-electron chi connectivity index (χ4n) is 1.16. The Hall–Kier alpha value is -0.610. The lowest BCUT2D eigenvalue weighted by Gasteiger charge is -2.13. The number of nitrogens with one attached hydrogen (secondary N) is 1. The number of rotatable bonds is 5. The van der Waals surface area contributed by atoms with Crippen molar-refractivity contribution in [2.24, 2.45) is 0 Å². The Morgan fingerprint density at radius 3 is 3.00 bits per heavy atom. The van der Waals surface area contributed by atoms with Gasteiger partial charge in [-0.2, -0.15) is 0 Å². The number of nitrogens with zero attached hydrogens (tertiary/aromatic N) is 2. The minimum atomic E-state index is 0.858. The van der Waals surface area contributed by atoms with Crippen molar-refractivity contribution in [3.8, 4) is 0 Å². The second-order valence-electron chi connectivity index (χ2n) is 3.07. The molecule has 13 heavy (non-hydrogen) atoms. The van der Waals surface area contributed by atoms with Crippen LogP contribution < -0.4 is 10.2 Å². The summed E-state index contributed by atoms with van der Waals surface area (Å²) in [6.45, 7) is 4.11. The van der Waals surface area contributed by atoms with Crippen LogP contribution in [-0.2, 0) is 6.54 Å². The van der Waals surface area contributed by atoms with Crippen molar-refractivity contribution < 1.29 is 0 Å². The zero-order valence-corrected chi connectivity index (χ0v) is 9.32. The molecule has 4 heteroatoms. The van der Waals surface area contributed by atoms with E-state index < -0.39 is 0 Å². The van der Waals surface area contributed by atoms with E-state index in [0.717, 1.165) is 30.3 Å². The van der Waals surface area contributed by atoms with Crippen LogP contribution in [0.5, 0.6) is 0 Å². The molecule has 0 bridgehead atoms. The summed E-state index contributed by atoms with van der Waals surface area (Å²) in [5, 5.41) is 6.32. The molecular formula is C9H17N3S. The van der Waals surface area contributed by atoms with Crippen LogP contribution in [0.2, 0.25) is 0 Å². The summed E-state index contributed by atoms with van der Waals surface area (Å²) in [6, 6.07) is 0. The highest BCUT2D eigenvalue weighted by molar-refractivity contribution is 7.13. The van der Waals surface area contributed by atoms with Gasteiger partial charge >= 0.3 is 0 Å². The predicted octanol–water partition coefficient (Wildman–Crippen LogP) is 1.71. The molecule has 0 radical (unpaired) electrons. The Balaban J connectivity index is 2.56. The third-order valence-corrected chi connectivity index (χ3v) is 2.79. The lowest BCUT2D eigenvalue weighted by Crippen LogP contribution is -2.17. The molecule has 0 aromatic carbocycles. The summed E-state index contributed by atoms with van der Waals surface area (Å²) >= 11 is 1.71. The van der Waals surface area contributed by atoms with Gasteiger partial charge in [-0.1, -0.05) is 6.92 Å². The fourth-order valence-corrected chi connectivity index (χ4v) is 1.98. The smallest absolute Gasteiger partial charge is 0.185 e. The molecule has 74 valence electrons. The van der Waals surface area contributed by atoms with E-state index in [1.54, 1.807) is 11.3 Å². The maximum Gasteiger partial charge on any atom is 0.185 e. The van der Waals surface area contributed by atoms with Crippen LogP contribution in [0.4, 0.5) is 5.13 Å². The molecule has 0 unspecified atom stereocenters. The van der Waals surface area contributed by atoms with Gasteiger partial charge in [0.2, 0.25) is 0 Å². The van der Waals surface area contributed by atoms with Crippen molar-refractivity contribution in [2.45, 2.75) is 19.9 Å². The zero-order chi connectivity index (χ0) is 9.68. The first-order valence-electron chi connectivity index (χ1n) is 4.58. The quantitative estimate of drug-likeness (QED) is 0.782. The second kappa shape index (κ2) is 5.19. The average molecular weight is 199 g/mol. The van der Waals surface area contributed by atoms with Crippen LogP contribution in [0.1, 0.15) is 19.0 Å². The highest BCUT2D eigenvalue weighted by Gasteiger charge is 2.04. The predicted molar refractivity (Wildman–Crippen MR) is 58.4 cm³/mol. The molecule has 0 aliphatic rings. The third kappa shape index (κ3) is 2.97.